The van der Waals surface area contributed by atoms with Crippen molar-refractivity contribution in [3.8, 4) is 23.0 Å². The summed E-state index contributed by atoms with van der Waals surface area (Å²) in [6.45, 7) is 2.00. The zero-order chi connectivity index (χ0) is 18.2. The minimum atomic E-state index is 0.963. The molecule has 2 aliphatic carbocycles. The largest absolute Gasteiger partial charge is 0.260 e. The van der Waals surface area contributed by atoms with Crippen LogP contribution in [0.4, 0.5) is 0 Å². The predicted molar refractivity (Wildman–Crippen MR) is 112 cm³/mol. The summed E-state index contributed by atoms with van der Waals surface area (Å²) in [6.07, 6.45) is 11.0. The molecule has 0 unspecified atom stereocenters. The van der Waals surface area contributed by atoms with Crippen molar-refractivity contribution in [2.45, 2.75) is 32.6 Å². The van der Waals surface area contributed by atoms with Gasteiger partial charge in [0.25, 0.3) is 0 Å². The number of nitrogens with zero attached hydrogens (tertiary/aromatic N) is 1. The van der Waals surface area contributed by atoms with E-state index < -0.39 is 0 Å². The third-order valence-corrected chi connectivity index (χ3v) is 5.64. The van der Waals surface area contributed by atoms with Gasteiger partial charge in [0.05, 0.1) is 0 Å². The van der Waals surface area contributed by atoms with Gasteiger partial charge in [-0.3, -0.25) is 4.98 Å². The number of pyridine rings is 1. The molecule has 2 aliphatic rings. The van der Waals surface area contributed by atoms with Crippen LogP contribution in [0.15, 0.2) is 54.7 Å². The smallest absolute Gasteiger partial charge is 0.0432 e. The Morgan fingerprint density at radius 1 is 0.889 bits per heavy atom. The van der Waals surface area contributed by atoms with Gasteiger partial charge in [0.1, 0.15) is 0 Å². The Balaban J connectivity index is 1.64. The van der Waals surface area contributed by atoms with Gasteiger partial charge in [-0.15, -0.1) is 0 Å². The molecule has 0 aliphatic heterocycles. The Morgan fingerprint density at radius 2 is 1.85 bits per heavy atom. The molecule has 1 heteroatoms. The fraction of sp³-hybridized carbons (Fsp3) is 0.192. The zero-order valence-electron chi connectivity index (χ0n) is 15.5. The van der Waals surface area contributed by atoms with Gasteiger partial charge in [0, 0.05) is 28.6 Å². The summed E-state index contributed by atoms with van der Waals surface area (Å²) in [6, 6.07) is 15.2. The molecule has 2 aromatic carbocycles. The van der Waals surface area contributed by atoms with Gasteiger partial charge >= 0.3 is 0 Å². The van der Waals surface area contributed by atoms with Gasteiger partial charge in [-0.2, -0.15) is 0 Å². The molecule has 3 aromatic rings. The average molecular weight is 347 g/mol. The summed E-state index contributed by atoms with van der Waals surface area (Å²) in [7, 11) is 0. The lowest BCUT2D eigenvalue weighted by Crippen LogP contribution is -2.10. The summed E-state index contributed by atoms with van der Waals surface area (Å²) in [5.41, 5.74) is 11.7. The Hall–Kier alpha value is -3.11. The van der Waals surface area contributed by atoms with E-state index in [1.807, 2.05) is 25.3 Å². The molecule has 0 bridgehead atoms. The van der Waals surface area contributed by atoms with Crippen LogP contribution >= 0.6 is 0 Å². The molecule has 0 saturated heterocycles. The number of allylic oxidation sites excluding steroid dienone is 1. The summed E-state index contributed by atoms with van der Waals surface area (Å²) in [5, 5.41) is 0. The molecule has 1 aromatic heterocycles. The molecule has 1 heterocycles. The van der Waals surface area contributed by atoms with Crippen LogP contribution in [0.25, 0.3) is 17.2 Å². The molecular weight excluding hydrogens is 326 g/mol. The standard InChI is InChI=1S/C26H21N/c1-18-9-10-19(17-27-18)11-12-21-6-4-7-22-14-15-24-23-8-3-2-5-20(23)13-16-25(24)26(21)22/h2,4-7,9-10,13,16-17H,3,8,14-15H2,1H3. The van der Waals surface area contributed by atoms with Crippen molar-refractivity contribution in [1.29, 1.82) is 0 Å². The molecule has 1 nitrogen and oxygen atoms in total. The second-order valence-corrected chi connectivity index (χ2v) is 7.38. The van der Waals surface area contributed by atoms with Crippen LogP contribution in [-0.2, 0) is 19.3 Å². The first-order valence-electron chi connectivity index (χ1n) is 9.68. The zero-order valence-corrected chi connectivity index (χ0v) is 15.5. The fourth-order valence-corrected chi connectivity index (χ4v) is 4.29. The minimum Gasteiger partial charge on any atom is -0.260 e. The quantitative estimate of drug-likeness (QED) is 0.488. The maximum Gasteiger partial charge on any atom is 0.0432 e. The second-order valence-electron chi connectivity index (χ2n) is 7.38. The number of benzene rings is 2. The molecule has 0 radical (unpaired) electrons. The lowest BCUT2D eigenvalue weighted by Gasteiger charge is -2.26. The molecule has 130 valence electrons. The van der Waals surface area contributed by atoms with Crippen LogP contribution in [0, 0.1) is 18.8 Å². The topological polar surface area (TPSA) is 12.9 Å². The monoisotopic (exact) mass is 347 g/mol. The van der Waals surface area contributed by atoms with Crippen LogP contribution in [0.5, 0.6) is 0 Å². The first kappa shape index (κ1) is 16.1. The SMILES string of the molecule is Cc1ccc(C#Cc2cccc3c2-c2ccc4c(c2CC3)CCC=C4)cn1. The van der Waals surface area contributed by atoms with E-state index in [2.05, 4.69) is 59.3 Å². The molecule has 27 heavy (non-hydrogen) atoms. The van der Waals surface area contributed by atoms with Gasteiger partial charge in [0.2, 0.25) is 0 Å². The van der Waals surface area contributed by atoms with Gasteiger partial charge in [0.15, 0.2) is 0 Å². The van der Waals surface area contributed by atoms with Crippen molar-refractivity contribution in [2.24, 2.45) is 0 Å². The summed E-state index contributed by atoms with van der Waals surface area (Å²) in [4.78, 5) is 4.35. The van der Waals surface area contributed by atoms with Crippen LogP contribution < -0.4 is 0 Å². The lowest BCUT2D eigenvalue weighted by molar-refractivity contribution is 0.887. The van der Waals surface area contributed by atoms with E-state index in [0.717, 1.165) is 42.5 Å². The number of fused-ring (bicyclic) bond motifs is 5. The highest BCUT2D eigenvalue weighted by Gasteiger charge is 2.22. The highest BCUT2D eigenvalue weighted by Crippen LogP contribution is 2.39. The van der Waals surface area contributed by atoms with Crippen LogP contribution in [-0.4, -0.2) is 4.98 Å². The highest BCUT2D eigenvalue weighted by molar-refractivity contribution is 5.81. The molecule has 0 atom stereocenters. The Bertz CT molecular complexity index is 1120. The summed E-state index contributed by atoms with van der Waals surface area (Å²) >= 11 is 0. The predicted octanol–water partition coefficient (Wildman–Crippen LogP) is 5.51. The Kier molecular flexibility index (Phi) is 3.91. The maximum atomic E-state index is 4.35. The fourth-order valence-electron chi connectivity index (χ4n) is 4.29. The maximum absolute atomic E-state index is 4.35. The number of aryl methyl sites for hydroxylation is 2. The van der Waals surface area contributed by atoms with Gasteiger partial charge in [-0.25, -0.2) is 0 Å². The van der Waals surface area contributed by atoms with Crippen molar-refractivity contribution in [2.75, 3.05) is 0 Å². The average Bonchev–Trinajstić information content (AvgIpc) is 2.72. The molecule has 0 spiro atoms. The van der Waals surface area contributed by atoms with E-state index in [1.54, 1.807) is 5.56 Å². The first-order valence-corrected chi connectivity index (χ1v) is 9.68. The molecular formula is C26H21N. The number of aromatic nitrogens is 1. The normalized spacial score (nSPS) is 13.8. The number of rotatable bonds is 0. The second kappa shape index (κ2) is 6.56. The van der Waals surface area contributed by atoms with E-state index in [-0.39, 0.29) is 0 Å². The van der Waals surface area contributed by atoms with Crippen LogP contribution in [0.2, 0.25) is 0 Å². The van der Waals surface area contributed by atoms with Gasteiger partial charge in [-0.1, -0.05) is 48.3 Å². The van der Waals surface area contributed by atoms with Crippen molar-refractivity contribution in [3.05, 3.63) is 93.8 Å². The number of hydrogen-bond donors (Lipinski definition) is 0. The van der Waals surface area contributed by atoms with Crippen molar-refractivity contribution in [1.82, 2.24) is 4.98 Å². The first-order chi connectivity index (χ1) is 13.3. The summed E-state index contributed by atoms with van der Waals surface area (Å²) in [5.74, 6) is 6.73. The van der Waals surface area contributed by atoms with Crippen molar-refractivity contribution in [3.63, 3.8) is 0 Å². The Labute approximate surface area is 160 Å². The van der Waals surface area contributed by atoms with E-state index in [9.17, 15) is 0 Å². The van der Waals surface area contributed by atoms with E-state index in [0.29, 0.717) is 0 Å². The molecule has 0 fully saturated rings. The van der Waals surface area contributed by atoms with E-state index in [4.69, 9.17) is 0 Å². The van der Waals surface area contributed by atoms with Crippen molar-refractivity contribution < 1.29 is 0 Å². The van der Waals surface area contributed by atoms with E-state index >= 15 is 0 Å². The minimum absolute atomic E-state index is 0.963. The number of hydrogen-bond acceptors (Lipinski definition) is 1. The van der Waals surface area contributed by atoms with Gasteiger partial charge in [-0.05, 0) is 78.6 Å². The third-order valence-electron chi connectivity index (χ3n) is 5.64. The summed E-state index contributed by atoms with van der Waals surface area (Å²) < 4.78 is 0. The molecule has 0 N–H and O–H groups in total. The lowest BCUT2D eigenvalue weighted by atomic mass is 9.78. The third kappa shape index (κ3) is 2.88. The highest BCUT2D eigenvalue weighted by atomic mass is 14.6. The molecule has 0 amide bonds. The van der Waals surface area contributed by atoms with Crippen LogP contribution in [0.3, 0.4) is 0 Å². The molecule has 0 saturated carbocycles. The Morgan fingerprint density at radius 3 is 2.74 bits per heavy atom. The van der Waals surface area contributed by atoms with E-state index in [1.165, 1.54) is 27.8 Å². The van der Waals surface area contributed by atoms with Gasteiger partial charge < -0.3 is 0 Å². The molecule has 5 rings (SSSR count). The van der Waals surface area contributed by atoms with Crippen LogP contribution in [0.1, 0.15) is 45.5 Å². The van der Waals surface area contributed by atoms with Crippen molar-refractivity contribution >= 4 is 6.08 Å².